The molecular formula is C31H37N7O2. The molecule has 1 aliphatic rings. The van der Waals surface area contributed by atoms with Gasteiger partial charge in [0, 0.05) is 51.8 Å². The smallest absolute Gasteiger partial charge is 0.270 e. The van der Waals surface area contributed by atoms with Gasteiger partial charge in [0.2, 0.25) is 5.91 Å². The van der Waals surface area contributed by atoms with Crippen molar-refractivity contribution in [1.82, 2.24) is 30.1 Å². The number of rotatable bonds is 10. The maximum Gasteiger partial charge on any atom is 0.270 e. The average molecular weight is 540 g/mol. The second kappa shape index (κ2) is 12.7. The molecule has 208 valence electrons. The normalized spacial score (nSPS) is 13.9. The third kappa shape index (κ3) is 6.84. The highest BCUT2D eigenvalue weighted by atomic mass is 16.2. The largest absolute Gasteiger partial charge is 0.368 e. The number of anilines is 1. The molecule has 1 saturated heterocycles. The van der Waals surface area contributed by atoms with Crippen LogP contribution in [0, 0.1) is 6.92 Å². The Morgan fingerprint density at radius 2 is 1.70 bits per heavy atom. The molecule has 3 N–H and O–H groups in total. The summed E-state index contributed by atoms with van der Waals surface area (Å²) in [6.45, 7) is 8.74. The Bertz CT molecular complexity index is 1440. The quantitative estimate of drug-likeness (QED) is 0.264. The highest BCUT2D eigenvalue weighted by Crippen LogP contribution is 2.26. The van der Waals surface area contributed by atoms with Crippen LogP contribution in [0.1, 0.15) is 35.0 Å². The van der Waals surface area contributed by atoms with Crippen LogP contribution in [0.2, 0.25) is 0 Å². The van der Waals surface area contributed by atoms with Gasteiger partial charge < -0.3 is 20.5 Å². The number of nitrogens with one attached hydrogen (secondary N) is 3. The molecule has 9 heteroatoms. The molecule has 40 heavy (non-hydrogen) atoms. The lowest BCUT2D eigenvalue weighted by Crippen LogP contribution is -2.49. The standard InChI is InChI=1S/C31H37N7O2/c1-22-10-12-24(13-11-22)7-6-16-37-17-19-38(20-18-37)31(40)27-21-26-29(33-15-14-32-23(2)39)35-28(36-30(26)34-27)25-8-4-3-5-9-25/h3-5,8-13,21H,6-7,14-20H2,1-2H3,(H,32,39)(H2,33,34,35,36). The fourth-order valence-corrected chi connectivity index (χ4v) is 5.00. The number of carbonyl (C=O) groups is 2. The van der Waals surface area contributed by atoms with Gasteiger partial charge in [-0.2, -0.15) is 0 Å². The molecule has 0 atom stereocenters. The number of aromatic nitrogens is 3. The molecule has 5 rings (SSSR count). The van der Waals surface area contributed by atoms with Gasteiger partial charge >= 0.3 is 0 Å². The Hall–Kier alpha value is -4.24. The fourth-order valence-electron chi connectivity index (χ4n) is 5.00. The Balaban J connectivity index is 1.24. The number of amides is 2. The van der Waals surface area contributed by atoms with E-state index in [9.17, 15) is 9.59 Å². The number of benzene rings is 2. The van der Waals surface area contributed by atoms with E-state index in [1.807, 2.05) is 41.3 Å². The lowest BCUT2D eigenvalue weighted by molar-refractivity contribution is -0.118. The Morgan fingerprint density at radius 3 is 2.42 bits per heavy atom. The summed E-state index contributed by atoms with van der Waals surface area (Å²) in [5.74, 6) is 1.08. The first-order valence-corrected chi connectivity index (χ1v) is 14.0. The summed E-state index contributed by atoms with van der Waals surface area (Å²) in [7, 11) is 0. The number of aromatic amines is 1. The lowest BCUT2D eigenvalue weighted by Gasteiger charge is -2.34. The number of H-pyrrole nitrogens is 1. The second-order valence-electron chi connectivity index (χ2n) is 10.3. The van der Waals surface area contributed by atoms with E-state index >= 15 is 0 Å². The van der Waals surface area contributed by atoms with Crippen LogP contribution in [0.15, 0.2) is 60.7 Å². The van der Waals surface area contributed by atoms with Crippen molar-refractivity contribution in [2.75, 3.05) is 51.1 Å². The summed E-state index contributed by atoms with van der Waals surface area (Å²) in [5, 5.41) is 6.84. The summed E-state index contributed by atoms with van der Waals surface area (Å²) in [5.41, 5.74) is 4.66. The Kier molecular flexibility index (Phi) is 8.71. The monoisotopic (exact) mass is 539 g/mol. The average Bonchev–Trinajstić information content (AvgIpc) is 3.41. The second-order valence-corrected chi connectivity index (χ2v) is 10.3. The molecule has 0 radical (unpaired) electrons. The summed E-state index contributed by atoms with van der Waals surface area (Å²) < 4.78 is 0. The van der Waals surface area contributed by atoms with Gasteiger partial charge in [-0.25, -0.2) is 9.97 Å². The first kappa shape index (κ1) is 27.3. The predicted octanol–water partition coefficient (Wildman–Crippen LogP) is 3.87. The number of hydrogen-bond donors (Lipinski definition) is 3. The molecule has 0 aliphatic carbocycles. The SMILES string of the molecule is CC(=O)NCCNc1nc(-c2ccccc2)nc2[nH]c(C(=O)N3CCN(CCCc4ccc(C)cc4)CC3)cc12. The predicted molar refractivity (Wildman–Crippen MR) is 158 cm³/mol. The number of carbonyl (C=O) groups excluding carboxylic acids is 2. The Labute approximate surface area is 235 Å². The van der Waals surface area contributed by atoms with Crippen molar-refractivity contribution >= 4 is 28.7 Å². The van der Waals surface area contributed by atoms with Gasteiger partial charge in [-0.15, -0.1) is 0 Å². The summed E-state index contributed by atoms with van der Waals surface area (Å²) >= 11 is 0. The zero-order valence-electron chi connectivity index (χ0n) is 23.2. The number of fused-ring (bicyclic) bond motifs is 1. The first-order valence-electron chi connectivity index (χ1n) is 14.0. The van der Waals surface area contributed by atoms with Crippen LogP contribution >= 0.6 is 0 Å². The zero-order chi connectivity index (χ0) is 27.9. The number of hydrogen-bond acceptors (Lipinski definition) is 6. The molecule has 2 aromatic heterocycles. The lowest BCUT2D eigenvalue weighted by atomic mass is 10.1. The van der Waals surface area contributed by atoms with Crippen molar-refractivity contribution in [3.8, 4) is 11.4 Å². The van der Waals surface area contributed by atoms with Gasteiger partial charge in [-0.1, -0.05) is 60.2 Å². The molecule has 2 aromatic carbocycles. The minimum absolute atomic E-state index is 0.0252. The molecule has 0 saturated carbocycles. The molecule has 0 unspecified atom stereocenters. The topological polar surface area (TPSA) is 106 Å². The van der Waals surface area contributed by atoms with E-state index in [1.54, 1.807) is 0 Å². The van der Waals surface area contributed by atoms with E-state index in [0.717, 1.165) is 43.4 Å². The molecule has 1 aliphatic heterocycles. The van der Waals surface area contributed by atoms with E-state index in [1.165, 1.54) is 18.1 Å². The van der Waals surface area contributed by atoms with Crippen LogP contribution in [0.3, 0.4) is 0 Å². The summed E-state index contributed by atoms with van der Waals surface area (Å²) in [6.07, 6.45) is 2.18. The molecular weight excluding hydrogens is 502 g/mol. The van der Waals surface area contributed by atoms with Crippen molar-refractivity contribution < 1.29 is 9.59 Å². The third-order valence-corrected chi connectivity index (χ3v) is 7.26. The van der Waals surface area contributed by atoms with Crippen molar-refractivity contribution in [3.63, 3.8) is 0 Å². The van der Waals surface area contributed by atoms with Gasteiger partial charge in [0.25, 0.3) is 5.91 Å². The van der Waals surface area contributed by atoms with Crippen molar-refractivity contribution in [2.24, 2.45) is 0 Å². The van der Waals surface area contributed by atoms with Crippen molar-refractivity contribution in [2.45, 2.75) is 26.7 Å². The van der Waals surface area contributed by atoms with Crippen molar-refractivity contribution in [3.05, 3.63) is 77.5 Å². The minimum Gasteiger partial charge on any atom is -0.368 e. The van der Waals surface area contributed by atoms with Crippen LogP contribution < -0.4 is 10.6 Å². The van der Waals surface area contributed by atoms with Gasteiger partial charge in [-0.3, -0.25) is 14.5 Å². The highest BCUT2D eigenvalue weighted by molar-refractivity contribution is 6.00. The van der Waals surface area contributed by atoms with Crippen LogP contribution in [-0.4, -0.2) is 82.4 Å². The number of aryl methyl sites for hydroxylation is 2. The van der Waals surface area contributed by atoms with Crippen LogP contribution in [0.25, 0.3) is 22.4 Å². The van der Waals surface area contributed by atoms with Crippen LogP contribution in [0.5, 0.6) is 0 Å². The van der Waals surface area contributed by atoms with Gasteiger partial charge in [0.1, 0.15) is 17.2 Å². The number of nitrogens with zero attached hydrogens (tertiary/aromatic N) is 4. The highest BCUT2D eigenvalue weighted by Gasteiger charge is 2.24. The van der Waals surface area contributed by atoms with Crippen LogP contribution in [-0.2, 0) is 11.2 Å². The summed E-state index contributed by atoms with van der Waals surface area (Å²) in [6, 6.07) is 20.3. The van der Waals surface area contributed by atoms with E-state index in [-0.39, 0.29) is 11.8 Å². The van der Waals surface area contributed by atoms with E-state index in [4.69, 9.17) is 9.97 Å². The van der Waals surface area contributed by atoms with Gasteiger partial charge in [-0.05, 0) is 37.9 Å². The summed E-state index contributed by atoms with van der Waals surface area (Å²) in [4.78, 5) is 41.8. The number of piperazine rings is 1. The Morgan fingerprint density at radius 1 is 0.950 bits per heavy atom. The first-order chi connectivity index (χ1) is 19.5. The molecule has 3 heterocycles. The minimum atomic E-state index is -0.0829. The molecule has 4 aromatic rings. The zero-order valence-corrected chi connectivity index (χ0v) is 23.2. The van der Waals surface area contributed by atoms with E-state index < -0.39 is 0 Å². The van der Waals surface area contributed by atoms with Crippen LogP contribution in [0.4, 0.5) is 5.82 Å². The van der Waals surface area contributed by atoms with E-state index in [0.29, 0.717) is 49.2 Å². The molecule has 1 fully saturated rings. The molecule has 0 spiro atoms. The fraction of sp³-hybridized carbons (Fsp3) is 0.355. The molecule has 9 nitrogen and oxygen atoms in total. The maximum absolute atomic E-state index is 13.5. The van der Waals surface area contributed by atoms with E-state index in [2.05, 4.69) is 51.7 Å². The maximum atomic E-state index is 13.5. The molecule has 2 amide bonds. The third-order valence-electron chi connectivity index (χ3n) is 7.26. The van der Waals surface area contributed by atoms with Gasteiger partial charge in [0.05, 0.1) is 5.39 Å². The molecule has 0 bridgehead atoms. The van der Waals surface area contributed by atoms with Crippen molar-refractivity contribution in [1.29, 1.82) is 0 Å². The van der Waals surface area contributed by atoms with Gasteiger partial charge in [0.15, 0.2) is 5.82 Å².